The topological polar surface area (TPSA) is 54.4 Å². The van der Waals surface area contributed by atoms with E-state index in [-0.39, 0.29) is 45.9 Å². The lowest BCUT2D eigenvalue weighted by atomic mass is 9.45. The highest BCUT2D eigenvalue weighted by Gasteiger charge is 2.58. The molecule has 2 aliphatic rings. The first-order valence-electron chi connectivity index (χ1n) is 9.44. The van der Waals surface area contributed by atoms with Gasteiger partial charge in [-0.05, 0) is 60.3 Å². The van der Waals surface area contributed by atoms with Crippen molar-refractivity contribution in [2.45, 2.75) is 60.3 Å². The average molecular weight is 342 g/mol. The SMILES string of the molecule is Cc1cc(O)cc(C(=O)[C@H]2[C@H](C)C(=O)C[C@H]3C(C)(C)CCC[C@]23C)c1. The lowest BCUT2D eigenvalue weighted by Crippen LogP contribution is -2.56. The summed E-state index contributed by atoms with van der Waals surface area (Å²) in [5.74, 6) is 0.0240. The number of hydrogen-bond acceptors (Lipinski definition) is 3. The molecule has 0 saturated heterocycles. The molecule has 25 heavy (non-hydrogen) atoms. The third kappa shape index (κ3) is 2.92. The highest BCUT2D eigenvalue weighted by molar-refractivity contribution is 6.02. The van der Waals surface area contributed by atoms with Crippen LogP contribution in [0.1, 0.15) is 69.3 Å². The Kier molecular flexibility index (Phi) is 4.33. The fraction of sp³-hybridized carbons (Fsp3) is 0.636. The van der Waals surface area contributed by atoms with E-state index in [1.54, 1.807) is 12.1 Å². The van der Waals surface area contributed by atoms with Gasteiger partial charge >= 0.3 is 0 Å². The normalized spacial score (nSPS) is 34.4. The maximum atomic E-state index is 13.5. The molecule has 2 fully saturated rings. The minimum absolute atomic E-state index is 0.0183. The van der Waals surface area contributed by atoms with Gasteiger partial charge in [0.05, 0.1) is 0 Å². The summed E-state index contributed by atoms with van der Waals surface area (Å²) in [4.78, 5) is 26.2. The Hall–Kier alpha value is -1.64. The zero-order valence-electron chi connectivity index (χ0n) is 16.1. The Morgan fingerprint density at radius 2 is 1.84 bits per heavy atom. The second kappa shape index (κ2) is 5.96. The number of rotatable bonds is 2. The molecule has 4 atom stereocenters. The number of fused-ring (bicyclic) bond motifs is 1. The molecule has 0 spiro atoms. The standard InChI is InChI=1S/C22H30O3/c1-13-9-15(11-16(23)10-13)20(25)19-14(2)17(24)12-18-21(3,4)7-6-8-22(18,19)5/h9-11,14,18-19,23H,6-8,12H2,1-5H3/t14-,18+,19-,22+/m1/s1. The smallest absolute Gasteiger partial charge is 0.167 e. The van der Waals surface area contributed by atoms with Crippen molar-refractivity contribution in [2.24, 2.45) is 28.6 Å². The minimum atomic E-state index is -0.306. The molecule has 0 aromatic heterocycles. The number of carbonyl (C=O) groups excluding carboxylic acids is 2. The molecule has 0 heterocycles. The van der Waals surface area contributed by atoms with Crippen molar-refractivity contribution in [3.05, 3.63) is 29.3 Å². The van der Waals surface area contributed by atoms with Crippen molar-refractivity contribution >= 4 is 11.6 Å². The second-order valence-electron chi connectivity index (χ2n) is 9.26. The number of hydrogen-bond donors (Lipinski definition) is 1. The first kappa shape index (κ1) is 18.2. The fourth-order valence-electron chi connectivity index (χ4n) is 5.80. The number of carbonyl (C=O) groups is 2. The number of phenols is 1. The van der Waals surface area contributed by atoms with Crippen molar-refractivity contribution in [3.63, 3.8) is 0 Å². The molecule has 1 aromatic rings. The van der Waals surface area contributed by atoms with Crippen LogP contribution in [-0.2, 0) is 4.79 Å². The van der Waals surface area contributed by atoms with Crippen LogP contribution in [0.4, 0.5) is 0 Å². The Balaban J connectivity index is 2.08. The largest absolute Gasteiger partial charge is 0.508 e. The van der Waals surface area contributed by atoms with Crippen LogP contribution in [-0.4, -0.2) is 16.7 Å². The number of ketones is 2. The fourth-order valence-corrected chi connectivity index (χ4v) is 5.80. The molecular formula is C22H30O3. The Labute approximate surface area is 150 Å². The van der Waals surface area contributed by atoms with Crippen LogP contribution in [0, 0.1) is 35.5 Å². The van der Waals surface area contributed by atoms with Gasteiger partial charge in [0.15, 0.2) is 5.78 Å². The molecule has 0 radical (unpaired) electrons. The zero-order chi connectivity index (χ0) is 18.6. The first-order chi connectivity index (χ1) is 11.6. The molecule has 3 rings (SSSR count). The van der Waals surface area contributed by atoms with E-state index in [4.69, 9.17) is 0 Å². The van der Waals surface area contributed by atoms with Crippen LogP contribution in [0.5, 0.6) is 5.75 Å². The van der Waals surface area contributed by atoms with Gasteiger partial charge in [-0.25, -0.2) is 0 Å². The van der Waals surface area contributed by atoms with Gasteiger partial charge < -0.3 is 5.11 Å². The number of aryl methyl sites for hydroxylation is 1. The van der Waals surface area contributed by atoms with E-state index in [9.17, 15) is 14.7 Å². The van der Waals surface area contributed by atoms with Gasteiger partial charge in [-0.3, -0.25) is 9.59 Å². The van der Waals surface area contributed by atoms with Crippen LogP contribution in [0.2, 0.25) is 0 Å². The molecule has 136 valence electrons. The van der Waals surface area contributed by atoms with E-state index in [1.807, 2.05) is 19.9 Å². The molecule has 1 aromatic carbocycles. The summed E-state index contributed by atoms with van der Waals surface area (Å²) in [6.45, 7) is 10.5. The third-order valence-electron chi connectivity index (χ3n) is 7.03. The van der Waals surface area contributed by atoms with E-state index in [0.717, 1.165) is 24.8 Å². The van der Waals surface area contributed by atoms with Crippen molar-refractivity contribution in [2.75, 3.05) is 0 Å². The lowest BCUT2D eigenvalue weighted by Gasteiger charge is -2.57. The molecule has 2 saturated carbocycles. The maximum Gasteiger partial charge on any atom is 0.167 e. The summed E-state index contributed by atoms with van der Waals surface area (Å²) >= 11 is 0. The van der Waals surface area contributed by atoms with E-state index < -0.39 is 0 Å². The number of phenolic OH excluding ortho intramolecular Hbond substituents is 1. The first-order valence-corrected chi connectivity index (χ1v) is 9.44. The molecule has 3 nitrogen and oxygen atoms in total. The molecule has 0 amide bonds. The number of benzene rings is 1. The molecule has 0 aliphatic heterocycles. The molecule has 1 N–H and O–H groups in total. The second-order valence-corrected chi connectivity index (χ2v) is 9.26. The quantitative estimate of drug-likeness (QED) is 0.774. The number of Topliss-reactive ketones (excluding diaryl/α,β-unsaturated/α-hetero) is 2. The van der Waals surface area contributed by atoms with Gasteiger partial charge in [0.25, 0.3) is 0 Å². The van der Waals surface area contributed by atoms with E-state index >= 15 is 0 Å². The molecule has 2 aliphatic carbocycles. The summed E-state index contributed by atoms with van der Waals surface area (Å²) < 4.78 is 0. The van der Waals surface area contributed by atoms with Gasteiger partial charge in [-0.2, -0.15) is 0 Å². The highest BCUT2D eigenvalue weighted by atomic mass is 16.3. The predicted molar refractivity (Wildman–Crippen MR) is 98.7 cm³/mol. The van der Waals surface area contributed by atoms with E-state index in [1.165, 1.54) is 0 Å². The molecule has 0 unspecified atom stereocenters. The van der Waals surface area contributed by atoms with E-state index in [2.05, 4.69) is 20.8 Å². The summed E-state index contributed by atoms with van der Waals surface area (Å²) in [7, 11) is 0. The van der Waals surface area contributed by atoms with Crippen LogP contribution < -0.4 is 0 Å². The Morgan fingerprint density at radius 3 is 2.48 bits per heavy atom. The van der Waals surface area contributed by atoms with Gasteiger partial charge in [-0.1, -0.05) is 34.1 Å². The third-order valence-corrected chi connectivity index (χ3v) is 7.03. The maximum absolute atomic E-state index is 13.5. The van der Waals surface area contributed by atoms with Crippen molar-refractivity contribution < 1.29 is 14.7 Å². The van der Waals surface area contributed by atoms with Crippen molar-refractivity contribution in [3.8, 4) is 5.75 Å². The highest BCUT2D eigenvalue weighted by Crippen LogP contribution is 2.60. The van der Waals surface area contributed by atoms with Gasteiger partial charge in [0.2, 0.25) is 0 Å². The van der Waals surface area contributed by atoms with Crippen LogP contribution in [0.3, 0.4) is 0 Å². The van der Waals surface area contributed by atoms with Crippen LogP contribution >= 0.6 is 0 Å². The van der Waals surface area contributed by atoms with Gasteiger partial charge in [-0.15, -0.1) is 0 Å². The predicted octanol–water partition coefficient (Wildman–Crippen LogP) is 4.94. The van der Waals surface area contributed by atoms with Crippen molar-refractivity contribution in [1.29, 1.82) is 0 Å². The van der Waals surface area contributed by atoms with Gasteiger partial charge in [0.1, 0.15) is 11.5 Å². The zero-order valence-corrected chi connectivity index (χ0v) is 16.1. The Morgan fingerprint density at radius 1 is 1.16 bits per heavy atom. The van der Waals surface area contributed by atoms with Crippen LogP contribution in [0.25, 0.3) is 0 Å². The summed E-state index contributed by atoms with van der Waals surface area (Å²) in [5.41, 5.74) is 1.32. The number of aromatic hydroxyl groups is 1. The minimum Gasteiger partial charge on any atom is -0.508 e. The molecular weight excluding hydrogens is 312 g/mol. The van der Waals surface area contributed by atoms with Crippen LogP contribution in [0.15, 0.2) is 18.2 Å². The molecule has 3 heteroatoms. The lowest BCUT2D eigenvalue weighted by molar-refractivity contribution is -0.143. The molecule has 0 bridgehead atoms. The summed E-state index contributed by atoms with van der Waals surface area (Å²) in [5, 5.41) is 9.92. The monoisotopic (exact) mass is 342 g/mol. The van der Waals surface area contributed by atoms with E-state index in [0.29, 0.717) is 12.0 Å². The summed E-state index contributed by atoms with van der Waals surface area (Å²) in [6.07, 6.45) is 3.80. The average Bonchev–Trinajstić information content (AvgIpc) is 2.48. The van der Waals surface area contributed by atoms with Gasteiger partial charge in [0, 0.05) is 23.8 Å². The Bertz CT molecular complexity index is 698. The van der Waals surface area contributed by atoms with Crippen molar-refractivity contribution in [1.82, 2.24) is 0 Å². The summed E-state index contributed by atoms with van der Waals surface area (Å²) in [6, 6.07) is 5.04.